The number of phenolic OH excluding ortho intramolecular Hbond substituents is 2. The largest absolute Gasteiger partial charge is 0.508 e. The molecule has 0 heterocycles. The highest BCUT2D eigenvalue weighted by Crippen LogP contribution is 2.19. The van der Waals surface area contributed by atoms with E-state index >= 15 is 0 Å². The quantitative estimate of drug-likeness (QED) is 0.0254. The maximum Gasteiger partial charge on any atom is 0.326 e. The molecule has 18 nitrogen and oxygen atoms in total. The molecule has 0 fully saturated rings. The summed E-state index contributed by atoms with van der Waals surface area (Å²) in [4.78, 5) is 97.8. The van der Waals surface area contributed by atoms with Gasteiger partial charge in [-0.15, -0.1) is 0 Å². The van der Waals surface area contributed by atoms with E-state index in [0.717, 1.165) is 10.8 Å². The van der Waals surface area contributed by atoms with Gasteiger partial charge < -0.3 is 58.7 Å². The topological polar surface area (TPSA) is 304 Å². The standard InChI is InChI=1S/C55H68N8O10S/c1-3-33(2)48(63-49(66)42(57)32-74)54(71)61-46(31-37-16-21-38-13-7-8-14-39(38)27-37)51(68)58-43(15-9-10-26-56)50(67)59-44(28-35-17-22-40(64)23-18-35)52(69)60-45(29-36-19-24-41(65)25-20-36)53(70)62-47(55(72)73)30-34-11-5-4-6-12-34/h4-8,11-14,16-25,27,33,42-48,64-65,74H,3,9-10,15,26,28-32,56-57H2,1-2H3,(H,58,68)(H,59,67)(H,60,69)(H,61,71)(H,62,70)(H,63,66)(H,72,73)/t33-,42-,43-,44-,45-,46-,47-,48-/m0/s1. The Labute approximate surface area is 436 Å². The third-order valence-electron chi connectivity index (χ3n) is 12.7. The van der Waals surface area contributed by atoms with E-state index < -0.39 is 83.7 Å². The number of hydrogen-bond donors (Lipinski definition) is 12. The SMILES string of the molecule is CC[C@H](C)[C@H](NC(=O)[C@@H](N)CS)C(=O)N[C@@H](Cc1ccc2ccccc2c1)C(=O)N[C@@H](CCCCN)C(=O)N[C@@H](Cc1ccc(O)cc1)C(=O)N[C@@H](Cc1ccc(O)cc1)C(=O)N[C@@H](Cc1ccccc1)C(=O)O. The van der Waals surface area contributed by atoms with E-state index in [4.69, 9.17) is 11.5 Å². The number of amides is 6. The van der Waals surface area contributed by atoms with E-state index in [-0.39, 0.29) is 61.8 Å². The molecule has 13 N–H and O–H groups in total. The third-order valence-corrected chi connectivity index (χ3v) is 13.1. The van der Waals surface area contributed by atoms with Crippen molar-refractivity contribution in [2.75, 3.05) is 12.3 Å². The molecule has 0 saturated carbocycles. The lowest BCUT2D eigenvalue weighted by Crippen LogP contribution is -2.61. The number of benzene rings is 5. The van der Waals surface area contributed by atoms with Crippen molar-refractivity contribution < 1.29 is 48.9 Å². The molecule has 0 bridgehead atoms. The molecule has 0 aromatic heterocycles. The van der Waals surface area contributed by atoms with Gasteiger partial charge >= 0.3 is 5.97 Å². The second-order valence-electron chi connectivity index (χ2n) is 18.4. The van der Waals surface area contributed by atoms with Crippen LogP contribution in [0.15, 0.2) is 121 Å². The molecule has 0 aliphatic carbocycles. The van der Waals surface area contributed by atoms with E-state index in [1.54, 1.807) is 61.5 Å². The molecule has 5 aromatic rings. The van der Waals surface area contributed by atoms with Crippen molar-refractivity contribution in [1.82, 2.24) is 31.9 Å². The minimum absolute atomic E-state index is 0.0247. The van der Waals surface area contributed by atoms with Crippen molar-refractivity contribution >= 4 is 64.8 Å². The Morgan fingerprint density at radius 2 is 0.946 bits per heavy atom. The van der Waals surface area contributed by atoms with Gasteiger partial charge in [-0.2, -0.15) is 12.6 Å². The average Bonchev–Trinajstić information content (AvgIpc) is 3.39. The van der Waals surface area contributed by atoms with Gasteiger partial charge in [0.2, 0.25) is 35.4 Å². The van der Waals surface area contributed by atoms with Crippen molar-refractivity contribution in [2.45, 2.75) is 108 Å². The second-order valence-corrected chi connectivity index (χ2v) is 18.8. The number of phenols is 2. The minimum Gasteiger partial charge on any atom is -0.508 e. The fraction of sp³-hybridized carbons (Fsp3) is 0.364. The van der Waals surface area contributed by atoms with Gasteiger partial charge in [0, 0.05) is 31.4 Å². The lowest BCUT2D eigenvalue weighted by molar-refractivity contribution is -0.142. The summed E-state index contributed by atoms with van der Waals surface area (Å²) >= 11 is 4.13. The molecular formula is C55H68N8O10S. The molecule has 0 aliphatic rings. The predicted molar refractivity (Wildman–Crippen MR) is 285 cm³/mol. The van der Waals surface area contributed by atoms with Crippen LogP contribution in [0.3, 0.4) is 0 Å². The predicted octanol–water partition coefficient (Wildman–Crippen LogP) is 2.95. The number of fused-ring (bicyclic) bond motifs is 1. The molecule has 0 radical (unpaired) electrons. The number of carbonyl (C=O) groups is 7. The number of nitrogens with two attached hydrogens (primary N) is 2. The van der Waals surface area contributed by atoms with Gasteiger partial charge in [-0.1, -0.05) is 117 Å². The van der Waals surface area contributed by atoms with Crippen LogP contribution in [0, 0.1) is 5.92 Å². The van der Waals surface area contributed by atoms with Crippen LogP contribution in [-0.2, 0) is 59.2 Å². The van der Waals surface area contributed by atoms with Crippen LogP contribution in [0.25, 0.3) is 10.8 Å². The fourth-order valence-electron chi connectivity index (χ4n) is 8.17. The van der Waals surface area contributed by atoms with Crippen LogP contribution in [0.2, 0.25) is 0 Å². The number of rotatable bonds is 28. The van der Waals surface area contributed by atoms with Gasteiger partial charge in [-0.3, -0.25) is 28.8 Å². The van der Waals surface area contributed by atoms with E-state index in [1.165, 1.54) is 24.3 Å². The lowest BCUT2D eigenvalue weighted by Gasteiger charge is -2.29. The van der Waals surface area contributed by atoms with Crippen molar-refractivity contribution in [3.05, 3.63) is 144 Å². The Hall–Kier alpha value is -7.48. The van der Waals surface area contributed by atoms with Gasteiger partial charge in [0.15, 0.2) is 0 Å². The lowest BCUT2D eigenvalue weighted by atomic mass is 9.96. The van der Waals surface area contributed by atoms with E-state index in [9.17, 15) is 48.9 Å². The highest BCUT2D eigenvalue weighted by atomic mass is 32.1. The first-order chi connectivity index (χ1) is 35.5. The first-order valence-corrected chi connectivity index (χ1v) is 25.3. The molecular weight excluding hydrogens is 965 g/mol. The van der Waals surface area contributed by atoms with Gasteiger partial charge in [0.25, 0.3) is 0 Å². The third kappa shape index (κ3) is 17.6. The zero-order valence-electron chi connectivity index (χ0n) is 41.5. The normalized spacial score (nSPS) is 14.4. The van der Waals surface area contributed by atoms with Gasteiger partial charge in [-0.05, 0) is 89.0 Å². The smallest absolute Gasteiger partial charge is 0.326 e. The van der Waals surface area contributed by atoms with Crippen molar-refractivity contribution in [2.24, 2.45) is 17.4 Å². The molecule has 394 valence electrons. The Morgan fingerprint density at radius 1 is 0.514 bits per heavy atom. The summed E-state index contributed by atoms with van der Waals surface area (Å²) in [6.45, 7) is 3.90. The van der Waals surface area contributed by atoms with Crippen LogP contribution in [0.5, 0.6) is 11.5 Å². The molecule has 0 aliphatic heterocycles. The maximum atomic E-state index is 14.7. The Kier molecular flexibility index (Phi) is 22.3. The van der Waals surface area contributed by atoms with Gasteiger partial charge in [0.05, 0.1) is 6.04 Å². The molecule has 5 aromatic carbocycles. The molecule has 6 amide bonds. The Balaban J connectivity index is 1.46. The molecule has 74 heavy (non-hydrogen) atoms. The second kappa shape index (κ2) is 28.7. The van der Waals surface area contributed by atoms with Crippen molar-refractivity contribution in [1.29, 1.82) is 0 Å². The number of carboxylic acids is 1. The number of unbranched alkanes of at least 4 members (excludes halogenated alkanes) is 1. The fourth-order valence-corrected chi connectivity index (χ4v) is 8.34. The van der Waals surface area contributed by atoms with Crippen LogP contribution >= 0.6 is 12.6 Å². The first-order valence-electron chi connectivity index (χ1n) is 24.7. The highest BCUT2D eigenvalue weighted by Gasteiger charge is 2.35. The van der Waals surface area contributed by atoms with Crippen LogP contribution in [-0.4, -0.2) is 111 Å². The molecule has 0 spiro atoms. The minimum atomic E-state index is -1.42. The molecule has 0 saturated heterocycles. The summed E-state index contributed by atoms with van der Waals surface area (Å²) in [6.07, 6.45) is 0.957. The number of carbonyl (C=O) groups excluding carboxylic acids is 6. The summed E-state index contributed by atoms with van der Waals surface area (Å²) in [5, 5.41) is 48.5. The molecule has 8 atom stereocenters. The van der Waals surface area contributed by atoms with Crippen LogP contribution in [0.4, 0.5) is 0 Å². The summed E-state index contributed by atoms with van der Waals surface area (Å²) in [6, 6.07) is 24.8. The summed E-state index contributed by atoms with van der Waals surface area (Å²) in [5.74, 6) is -6.24. The van der Waals surface area contributed by atoms with Crippen LogP contribution < -0.4 is 43.4 Å². The van der Waals surface area contributed by atoms with Gasteiger partial charge in [0.1, 0.15) is 47.8 Å². The van der Waals surface area contributed by atoms with Crippen molar-refractivity contribution in [3.63, 3.8) is 0 Å². The average molecular weight is 1030 g/mol. The summed E-state index contributed by atoms with van der Waals surface area (Å²) in [5.41, 5.74) is 14.1. The van der Waals surface area contributed by atoms with Crippen LogP contribution in [0.1, 0.15) is 61.8 Å². The van der Waals surface area contributed by atoms with Crippen molar-refractivity contribution in [3.8, 4) is 11.5 Å². The van der Waals surface area contributed by atoms with Gasteiger partial charge in [-0.25, -0.2) is 4.79 Å². The number of hydrogen-bond acceptors (Lipinski definition) is 12. The first kappa shape index (κ1) is 57.4. The number of carboxylic acid groups (broad SMARTS) is 1. The number of nitrogens with one attached hydrogen (secondary N) is 6. The highest BCUT2D eigenvalue weighted by molar-refractivity contribution is 7.80. The molecule has 19 heteroatoms. The maximum absolute atomic E-state index is 14.7. The molecule has 0 unspecified atom stereocenters. The zero-order valence-corrected chi connectivity index (χ0v) is 42.4. The summed E-state index contributed by atoms with van der Waals surface area (Å²) in [7, 11) is 0. The Bertz CT molecular complexity index is 2680. The monoisotopic (exact) mass is 1030 g/mol. The van der Waals surface area contributed by atoms with E-state index in [1.807, 2.05) is 49.4 Å². The number of aromatic hydroxyl groups is 2. The number of thiol groups is 1. The van der Waals surface area contributed by atoms with E-state index in [0.29, 0.717) is 41.5 Å². The Morgan fingerprint density at radius 3 is 1.46 bits per heavy atom. The van der Waals surface area contributed by atoms with E-state index in [2.05, 4.69) is 44.5 Å². The summed E-state index contributed by atoms with van der Waals surface area (Å²) < 4.78 is 0. The molecule has 5 rings (SSSR count). The zero-order chi connectivity index (χ0) is 53.7. The number of aliphatic carboxylic acids is 1.